The first-order valence-corrected chi connectivity index (χ1v) is 8.32. The van der Waals surface area contributed by atoms with Crippen molar-refractivity contribution >= 4 is 23.1 Å². The molecule has 3 rings (SSSR count). The Labute approximate surface area is 120 Å². The van der Waals surface area contributed by atoms with Crippen LogP contribution in [0.1, 0.15) is 24.8 Å². The van der Waals surface area contributed by atoms with E-state index in [1.807, 2.05) is 5.38 Å². The van der Waals surface area contributed by atoms with E-state index in [0.717, 1.165) is 23.7 Å². The van der Waals surface area contributed by atoms with Crippen molar-refractivity contribution in [1.29, 1.82) is 0 Å². The maximum absolute atomic E-state index is 5.70. The summed E-state index contributed by atoms with van der Waals surface area (Å²) in [4.78, 5) is 1.06. The number of ether oxygens (including phenoxy) is 1. The highest BCUT2D eigenvalue weighted by Gasteiger charge is 2.17. The Balaban J connectivity index is 1.60. The van der Waals surface area contributed by atoms with Crippen LogP contribution in [0.25, 0.3) is 10.8 Å². The van der Waals surface area contributed by atoms with E-state index in [1.165, 1.54) is 18.4 Å². The van der Waals surface area contributed by atoms with Gasteiger partial charge in [0.05, 0.1) is 11.0 Å². The molecule has 0 radical (unpaired) electrons. The van der Waals surface area contributed by atoms with E-state index >= 15 is 0 Å². The molecule has 1 aliphatic heterocycles. The maximum Gasteiger partial charge on any atom is 0.276 e. The number of hydrogen-bond donors (Lipinski definition) is 0. The van der Waals surface area contributed by atoms with Gasteiger partial charge in [0.25, 0.3) is 11.1 Å². The van der Waals surface area contributed by atoms with Gasteiger partial charge in [-0.1, -0.05) is 11.8 Å². The number of aryl methyl sites for hydroxylation is 1. The zero-order chi connectivity index (χ0) is 13.1. The van der Waals surface area contributed by atoms with Crippen LogP contribution < -0.4 is 0 Å². The molecule has 3 heterocycles. The molecule has 1 saturated heterocycles. The molecule has 0 bridgehead atoms. The van der Waals surface area contributed by atoms with E-state index in [4.69, 9.17) is 9.15 Å². The molecule has 0 amide bonds. The monoisotopic (exact) mass is 296 g/mol. The topological polar surface area (TPSA) is 48.2 Å². The highest BCUT2D eigenvalue weighted by Crippen LogP contribution is 2.30. The summed E-state index contributed by atoms with van der Waals surface area (Å²) in [5.74, 6) is 1.52. The quantitative estimate of drug-likeness (QED) is 0.804. The molecule has 1 atom stereocenters. The molecule has 6 heteroatoms. The Bertz CT molecular complexity index is 532. The van der Waals surface area contributed by atoms with Gasteiger partial charge in [0.15, 0.2) is 0 Å². The first-order chi connectivity index (χ1) is 9.33. The van der Waals surface area contributed by atoms with Crippen molar-refractivity contribution in [3.05, 3.63) is 17.0 Å². The van der Waals surface area contributed by atoms with Crippen LogP contribution in [0.15, 0.2) is 21.1 Å². The summed E-state index contributed by atoms with van der Waals surface area (Å²) < 4.78 is 11.4. The molecule has 0 N–H and O–H groups in total. The van der Waals surface area contributed by atoms with Crippen molar-refractivity contribution in [3.8, 4) is 10.8 Å². The summed E-state index contributed by atoms with van der Waals surface area (Å²) in [6.07, 6.45) is 3.91. The number of thioether (sulfide) groups is 1. The van der Waals surface area contributed by atoms with E-state index < -0.39 is 0 Å². The Kier molecular flexibility index (Phi) is 4.20. The number of hydrogen-bond acceptors (Lipinski definition) is 6. The van der Waals surface area contributed by atoms with Gasteiger partial charge in [0.2, 0.25) is 0 Å². The highest BCUT2D eigenvalue weighted by molar-refractivity contribution is 7.99. The molecule has 19 heavy (non-hydrogen) atoms. The fourth-order valence-corrected chi connectivity index (χ4v) is 3.73. The van der Waals surface area contributed by atoms with Crippen LogP contribution in [0.2, 0.25) is 0 Å². The van der Waals surface area contributed by atoms with Crippen molar-refractivity contribution in [2.24, 2.45) is 0 Å². The summed E-state index contributed by atoms with van der Waals surface area (Å²) in [6.45, 7) is 2.94. The molecule has 0 aliphatic carbocycles. The number of nitrogens with zero attached hydrogens (tertiary/aromatic N) is 2. The maximum atomic E-state index is 5.70. The molecule has 0 saturated carbocycles. The molecule has 0 unspecified atom stereocenters. The predicted octanol–water partition coefficient (Wildman–Crippen LogP) is 3.77. The SMILES string of the molecule is Cc1ccsc1-c1nnc(SC[C@H]2CCCCO2)o1. The van der Waals surface area contributed by atoms with E-state index in [2.05, 4.69) is 23.2 Å². The van der Waals surface area contributed by atoms with Crippen LogP contribution in [0, 0.1) is 6.92 Å². The summed E-state index contributed by atoms with van der Waals surface area (Å²) in [5, 5.41) is 10.9. The summed E-state index contributed by atoms with van der Waals surface area (Å²) in [7, 11) is 0. The zero-order valence-electron chi connectivity index (χ0n) is 10.8. The van der Waals surface area contributed by atoms with Gasteiger partial charge in [0.1, 0.15) is 0 Å². The van der Waals surface area contributed by atoms with E-state index in [1.54, 1.807) is 23.1 Å². The molecule has 2 aromatic heterocycles. The minimum atomic E-state index is 0.331. The number of aromatic nitrogens is 2. The molecule has 0 aromatic carbocycles. The summed E-state index contributed by atoms with van der Waals surface area (Å²) in [5.41, 5.74) is 1.18. The second-order valence-corrected chi connectivity index (χ2v) is 6.49. The highest BCUT2D eigenvalue weighted by atomic mass is 32.2. The predicted molar refractivity (Wildman–Crippen MR) is 76.7 cm³/mol. The molecule has 1 fully saturated rings. The third-order valence-electron chi connectivity index (χ3n) is 3.13. The van der Waals surface area contributed by atoms with Crippen molar-refractivity contribution in [3.63, 3.8) is 0 Å². The Morgan fingerprint density at radius 2 is 2.37 bits per heavy atom. The smallest absolute Gasteiger partial charge is 0.276 e. The minimum Gasteiger partial charge on any atom is -0.410 e. The third-order valence-corrected chi connectivity index (χ3v) is 5.08. The van der Waals surface area contributed by atoms with Gasteiger partial charge in [-0.2, -0.15) is 0 Å². The standard InChI is InChI=1S/C13H16N2O2S2/c1-9-5-7-18-11(9)12-14-15-13(17-12)19-8-10-4-2-3-6-16-10/h5,7,10H,2-4,6,8H2,1H3/t10-/m1/s1. The Hall–Kier alpha value is -0.850. The molecule has 4 nitrogen and oxygen atoms in total. The van der Waals surface area contributed by atoms with Crippen molar-refractivity contribution < 1.29 is 9.15 Å². The van der Waals surface area contributed by atoms with E-state index in [9.17, 15) is 0 Å². The number of rotatable bonds is 4. The van der Waals surface area contributed by atoms with Gasteiger partial charge in [-0.25, -0.2) is 0 Å². The summed E-state index contributed by atoms with van der Waals surface area (Å²) in [6, 6.07) is 2.06. The van der Waals surface area contributed by atoms with Crippen LogP contribution in [-0.2, 0) is 4.74 Å². The second kappa shape index (κ2) is 6.07. The van der Waals surface area contributed by atoms with Crippen LogP contribution in [0.4, 0.5) is 0 Å². The lowest BCUT2D eigenvalue weighted by Crippen LogP contribution is -2.21. The average molecular weight is 296 g/mol. The molecular formula is C13H16N2O2S2. The van der Waals surface area contributed by atoms with E-state index in [0.29, 0.717) is 17.2 Å². The van der Waals surface area contributed by atoms with Crippen LogP contribution in [-0.4, -0.2) is 28.7 Å². The molecule has 102 valence electrons. The first kappa shape index (κ1) is 13.1. The summed E-state index contributed by atoms with van der Waals surface area (Å²) >= 11 is 3.22. The molecule has 1 aliphatic rings. The first-order valence-electron chi connectivity index (χ1n) is 6.45. The van der Waals surface area contributed by atoms with E-state index in [-0.39, 0.29) is 0 Å². The second-order valence-electron chi connectivity index (χ2n) is 4.61. The Morgan fingerprint density at radius 1 is 1.42 bits per heavy atom. The zero-order valence-corrected chi connectivity index (χ0v) is 12.4. The average Bonchev–Trinajstić information content (AvgIpc) is 3.06. The largest absolute Gasteiger partial charge is 0.410 e. The van der Waals surface area contributed by atoms with Gasteiger partial charge >= 0.3 is 0 Å². The van der Waals surface area contributed by atoms with Crippen LogP contribution in [0.3, 0.4) is 0 Å². The van der Waals surface area contributed by atoms with Gasteiger partial charge in [-0.15, -0.1) is 21.5 Å². The van der Waals surface area contributed by atoms with Crippen molar-refractivity contribution in [2.75, 3.05) is 12.4 Å². The molecule has 0 spiro atoms. The molecule has 2 aromatic rings. The Morgan fingerprint density at radius 3 is 3.11 bits per heavy atom. The fraction of sp³-hybridized carbons (Fsp3) is 0.538. The lowest BCUT2D eigenvalue weighted by Gasteiger charge is -2.21. The van der Waals surface area contributed by atoms with Gasteiger partial charge in [0, 0.05) is 12.4 Å². The van der Waals surface area contributed by atoms with Gasteiger partial charge in [-0.3, -0.25) is 0 Å². The third kappa shape index (κ3) is 3.19. The lowest BCUT2D eigenvalue weighted by atomic mass is 10.1. The fourth-order valence-electron chi connectivity index (χ4n) is 2.05. The molecular weight excluding hydrogens is 280 g/mol. The van der Waals surface area contributed by atoms with Crippen molar-refractivity contribution in [2.45, 2.75) is 37.5 Å². The lowest BCUT2D eigenvalue weighted by molar-refractivity contribution is 0.0314. The van der Waals surface area contributed by atoms with Crippen molar-refractivity contribution in [1.82, 2.24) is 10.2 Å². The normalized spacial score (nSPS) is 19.7. The van der Waals surface area contributed by atoms with Crippen LogP contribution in [0.5, 0.6) is 0 Å². The van der Waals surface area contributed by atoms with Gasteiger partial charge < -0.3 is 9.15 Å². The van der Waals surface area contributed by atoms with Crippen LogP contribution >= 0.6 is 23.1 Å². The number of thiophene rings is 1. The van der Waals surface area contributed by atoms with Gasteiger partial charge in [-0.05, 0) is 43.2 Å². The minimum absolute atomic E-state index is 0.331.